The van der Waals surface area contributed by atoms with Crippen molar-refractivity contribution in [3.63, 3.8) is 0 Å². The molecule has 1 saturated heterocycles. The van der Waals surface area contributed by atoms with Gasteiger partial charge in [0.25, 0.3) is 0 Å². The molecule has 2 aliphatic rings. The van der Waals surface area contributed by atoms with Gasteiger partial charge >= 0.3 is 5.97 Å². The zero-order chi connectivity index (χ0) is 28.7. The number of ether oxygens (including phenoxy) is 1. The van der Waals surface area contributed by atoms with Crippen LogP contribution in [0, 0.1) is 5.92 Å². The third kappa shape index (κ3) is 7.66. The normalized spacial score (nSPS) is 20.6. The second kappa shape index (κ2) is 13.7. The molecule has 2 aromatic carbocycles. The van der Waals surface area contributed by atoms with Crippen LogP contribution in [0.3, 0.4) is 0 Å². The van der Waals surface area contributed by atoms with Crippen LogP contribution >= 0.6 is 11.8 Å². The summed E-state index contributed by atoms with van der Waals surface area (Å²) in [7, 11) is 0. The molecule has 0 aromatic heterocycles. The molecule has 8 nitrogen and oxygen atoms in total. The van der Waals surface area contributed by atoms with Gasteiger partial charge < -0.3 is 14.7 Å². The van der Waals surface area contributed by atoms with Gasteiger partial charge in [0.2, 0.25) is 5.78 Å². The van der Waals surface area contributed by atoms with Gasteiger partial charge in [-0.25, -0.2) is 4.79 Å². The molecule has 9 heteroatoms. The number of Topliss-reactive ketones (excluding diaryl/α,β-unsaturated/α-hetero) is 2. The second-order valence-electron chi connectivity index (χ2n) is 10.9. The van der Waals surface area contributed by atoms with Crippen LogP contribution in [0.5, 0.6) is 0 Å². The lowest BCUT2D eigenvalue weighted by Crippen LogP contribution is -2.54. The maximum Gasteiger partial charge on any atom is 0.331 e. The molecule has 40 heavy (non-hydrogen) atoms. The highest BCUT2D eigenvalue weighted by Gasteiger charge is 2.36. The Labute approximate surface area is 240 Å². The number of aliphatic hydroxyl groups excluding tert-OH is 1. The van der Waals surface area contributed by atoms with Crippen molar-refractivity contribution in [3.8, 4) is 0 Å². The lowest BCUT2D eigenvalue weighted by molar-refractivity contribution is -0.140. The predicted octanol–water partition coefficient (Wildman–Crippen LogP) is 5.17. The highest BCUT2D eigenvalue weighted by molar-refractivity contribution is 7.99. The molecular formula is C31H38N2O6S. The van der Waals surface area contributed by atoms with Gasteiger partial charge in [-0.15, -0.1) is 0 Å². The Morgan fingerprint density at radius 2 is 1.55 bits per heavy atom. The summed E-state index contributed by atoms with van der Waals surface area (Å²) in [6.07, 6.45) is 3.23. The molecule has 2 aromatic rings. The van der Waals surface area contributed by atoms with E-state index < -0.39 is 17.6 Å². The molecule has 2 unspecified atom stereocenters. The maximum absolute atomic E-state index is 13.3. The average molecular weight is 567 g/mol. The lowest BCUT2D eigenvalue weighted by Gasteiger charge is -2.39. The number of carbonyl (C=O) groups is 3. The quantitative estimate of drug-likeness (QED) is 0.182. The van der Waals surface area contributed by atoms with E-state index in [2.05, 4.69) is 10.1 Å². The molecule has 4 rings (SSSR count). The SMILES string of the molecule is CC(=O)O/N=C(\CC1CCCCC1O)C(=O)c1ccc(Sc2ccc(C(=O)C(C)(C)N3CCOCC3)cc2)cc1. The van der Waals surface area contributed by atoms with Crippen LogP contribution in [0.2, 0.25) is 0 Å². The van der Waals surface area contributed by atoms with Gasteiger partial charge in [0.05, 0.1) is 24.9 Å². The van der Waals surface area contributed by atoms with Gasteiger partial charge in [-0.05, 0) is 69.0 Å². The number of hydrogen-bond acceptors (Lipinski definition) is 9. The van der Waals surface area contributed by atoms with Crippen molar-refractivity contribution in [3.05, 3.63) is 59.7 Å². The van der Waals surface area contributed by atoms with E-state index in [1.807, 2.05) is 50.2 Å². The summed E-state index contributed by atoms with van der Waals surface area (Å²) in [6, 6.07) is 14.8. The van der Waals surface area contributed by atoms with Crippen LogP contribution in [0.1, 0.15) is 73.6 Å². The second-order valence-corrected chi connectivity index (χ2v) is 12.1. The number of rotatable bonds is 10. The van der Waals surface area contributed by atoms with E-state index in [1.165, 1.54) is 18.7 Å². The van der Waals surface area contributed by atoms with E-state index in [0.717, 1.165) is 42.1 Å². The van der Waals surface area contributed by atoms with E-state index in [9.17, 15) is 19.5 Å². The van der Waals surface area contributed by atoms with Gasteiger partial charge in [0.15, 0.2) is 5.78 Å². The fraction of sp³-hybridized carbons (Fsp3) is 0.484. The first-order valence-corrected chi connectivity index (χ1v) is 14.7. The Kier molecular flexibility index (Phi) is 10.3. The number of aliphatic hydroxyl groups is 1. The fourth-order valence-electron chi connectivity index (χ4n) is 5.24. The Hall–Kier alpha value is -2.85. The van der Waals surface area contributed by atoms with Crippen molar-refractivity contribution in [2.45, 2.75) is 74.3 Å². The summed E-state index contributed by atoms with van der Waals surface area (Å²) in [6.45, 7) is 7.93. The molecule has 0 bridgehead atoms. The van der Waals surface area contributed by atoms with E-state index in [-0.39, 0.29) is 29.6 Å². The summed E-state index contributed by atoms with van der Waals surface area (Å²) < 4.78 is 5.43. The van der Waals surface area contributed by atoms with Gasteiger partial charge in [0, 0.05) is 47.4 Å². The first kappa shape index (κ1) is 30.1. The minimum atomic E-state index is -0.604. The largest absolute Gasteiger partial charge is 0.393 e. The maximum atomic E-state index is 13.3. The summed E-state index contributed by atoms with van der Waals surface area (Å²) >= 11 is 1.53. The average Bonchev–Trinajstić information content (AvgIpc) is 2.96. The van der Waals surface area contributed by atoms with Crippen molar-refractivity contribution >= 4 is 35.0 Å². The van der Waals surface area contributed by atoms with Gasteiger partial charge in [0.1, 0.15) is 5.71 Å². The zero-order valence-corrected chi connectivity index (χ0v) is 24.2. The Morgan fingerprint density at radius 3 is 2.12 bits per heavy atom. The number of ketones is 2. The van der Waals surface area contributed by atoms with Crippen molar-refractivity contribution in [2.24, 2.45) is 11.1 Å². The molecular weight excluding hydrogens is 528 g/mol. The predicted molar refractivity (Wildman–Crippen MR) is 154 cm³/mol. The molecule has 1 aliphatic carbocycles. The van der Waals surface area contributed by atoms with Crippen molar-refractivity contribution in [1.29, 1.82) is 0 Å². The van der Waals surface area contributed by atoms with E-state index >= 15 is 0 Å². The van der Waals surface area contributed by atoms with Crippen molar-refractivity contribution in [1.82, 2.24) is 4.90 Å². The summed E-state index contributed by atoms with van der Waals surface area (Å²) in [5.41, 5.74) is 0.645. The molecule has 214 valence electrons. The Balaban J connectivity index is 1.41. The Bertz CT molecular complexity index is 1220. The molecule has 1 aliphatic heterocycles. The summed E-state index contributed by atoms with van der Waals surface area (Å²) in [4.78, 5) is 46.7. The molecule has 0 spiro atoms. The third-order valence-electron chi connectivity index (χ3n) is 7.70. The first-order chi connectivity index (χ1) is 19.1. The molecule has 1 N–H and O–H groups in total. The number of oxime groups is 1. The molecule has 1 heterocycles. The molecule has 2 atom stereocenters. The number of morpholine rings is 1. The minimum absolute atomic E-state index is 0.0841. The van der Waals surface area contributed by atoms with Crippen LogP contribution < -0.4 is 0 Å². The number of carbonyl (C=O) groups excluding carboxylic acids is 3. The molecule has 2 fully saturated rings. The fourth-order valence-corrected chi connectivity index (χ4v) is 6.05. The van der Waals surface area contributed by atoms with Crippen LogP contribution in [0.15, 0.2) is 63.5 Å². The summed E-state index contributed by atoms with van der Waals surface area (Å²) in [5.74, 6) is -0.920. The number of benzene rings is 2. The first-order valence-electron chi connectivity index (χ1n) is 13.9. The van der Waals surface area contributed by atoms with E-state index in [4.69, 9.17) is 9.57 Å². The van der Waals surface area contributed by atoms with Gasteiger partial charge in [-0.1, -0.05) is 41.9 Å². The molecule has 0 radical (unpaired) electrons. The zero-order valence-electron chi connectivity index (χ0n) is 23.4. The number of nitrogens with zero attached hydrogens (tertiary/aromatic N) is 2. The monoisotopic (exact) mass is 566 g/mol. The van der Waals surface area contributed by atoms with Crippen molar-refractivity contribution in [2.75, 3.05) is 26.3 Å². The van der Waals surface area contributed by atoms with Gasteiger partial charge in [-0.2, -0.15) is 0 Å². The summed E-state index contributed by atoms with van der Waals surface area (Å²) in [5, 5.41) is 14.2. The van der Waals surface area contributed by atoms with Crippen LogP contribution in [0.25, 0.3) is 0 Å². The van der Waals surface area contributed by atoms with Crippen LogP contribution in [-0.4, -0.2) is 71.2 Å². The van der Waals surface area contributed by atoms with Crippen LogP contribution in [0.4, 0.5) is 0 Å². The molecule has 0 amide bonds. The van der Waals surface area contributed by atoms with Crippen LogP contribution in [-0.2, 0) is 14.4 Å². The smallest absolute Gasteiger partial charge is 0.331 e. The lowest BCUT2D eigenvalue weighted by atomic mass is 9.82. The topological polar surface area (TPSA) is 106 Å². The highest BCUT2D eigenvalue weighted by atomic mass is 32.2. The minimum Gasteiger partial charge on any atom is -0.393 e. The third-order valence-corrected chi connectivity index (χ3v) is 8.71. The van der Waals surface area contributed by atoms with Gasteiger partial charge in [-0.3, -0.25) is 14.5 Å². The van der Waals surface area contributed by atoms with E-state index in [1.54, 1.807) is 12.1 Å². The van der Waals surface area contributed by atoms with Crippen molar-refractivity contribution < 1.29 is 29.1 Å². The van der Waals surface area contributed by atoms with E-state index in [0.29, 0.717) is 30.8 Å². The highest BCUT2D eigenvalue weighted by Crippen LogP contribution is 2.31. The molecule has 1 saturated carbocycles. The number of hydrogen-bond donors (Lipinski definition) is 1. The standard InChI is InChI=1S/C31H38N2O6S/c1-21(34)39-32-27(20-24-6-4-5-7-28(24)35)29(36)22-8-12-25(13-9-22)40-26-14-10-23(11-15-26)30(37)31(2,3)33-16-18-38-19-17-33/h8-15,24,28,35H,4-7,16-20H2,1-3H3/b32-27+. The Morgan fingerprint density at radius 1 is 0.975 bits per heavy atom.